The number of methoxy groups -OCH3 is 1. The molecule has 1 rings (SSSR count). The molecule has 1 atom stereocenters. The Balaban J connectivity index is 2.79. The van der Waals surface area contributed by atoms with Crippen molar-refractivity contribution in [3.63, 3.8) is 0 Å². The molecule has 0 aromatic heterocycles. The van der Waals surface area contributed by atoms with Gasteiger partial charge in [-0.05, 0) is 38.0 Å². The largest absolute Gasteiger partial charge is 0.497 e. The summed E-state index contributed by atoms with van der Waals surface area (Å²) in [4.78, 5) is 12.3. The summed E-state index contributed by atoms with van der Waals surface area (Å²) in [6.07, 6.45) is 1.06. The van der Waals surface area contributed by atoms with Crippen molar-refractivity contribution in [2.45, 2.75) is 39.2 Å². The van der Waals surface area contributed by atoms with Crippen molar-refractivity contribution in [1.29, 1.82) is 0 Å². The molecule has 0 amide bonds. The molecular weight excluding hydrogens is 228 g/mol. The zero-order valence-corrected chi connectivity index (χ0v) is 11.7. The number of Topliss-reactive ketones (excluding diaryl/α,β-unsaturated/α-hetero) is 1. The molecule has 1 aromatic rings. The van der Waals surface area contributed by atoms with Crippen molar-refractivity contribution in [3.05, 3.63) is 29.8 Å². The van der Waals surface area contributed by atoms with Gasteiger partial charge in [0.05, 0.1) is 7.11 Å². The Labute approximate surface area is 109 Å². The average Bonchev–Trinajstić information content (AvgIpc) is 2.39. The summed E-state index contributed by atoms with van der Waals surface area (Å²) in [7, 11) is 1.62. The van der Waals surface area contributed by atoms with Crippen LogP contribution >= 0.6 is 0 Å². The van der Waals surface area contributed by atoms with Gasteiger partial charge < -0.3 is 9.47 Å². The second kappa shape index (κ2) is 6.55. The molecule has 1 aromatic carbocycles. The first kappa shape index (κ1) is 14.7. The summed E-state index contributed by atoms with van der Waals surface area (Å²) < 4.78 is 10.7. The van der Waals surface area contributed by atoms with E-state index in [1.807, 2.05) is 45.0 Å². The van der Waals surface area contributed by atoms with E-state index in [0.29, 0.717) is 19.4 Å². The minimum absolute atomic E-state index is 0.111. The topological polar surface area (TPSA) is 35.5 Å². The molecular formula is C15H22O3. The van der Waals surface area contributed by atoms with Crippen LogP contribution in [-0.2, 0) is 16.0 Å². The predicted molar refractivity (Wildman–Crippen MR) is 72.0 cm³/mol. The van der Waals surface area contributed by atoms with Crippen LogP contribution in [0.5, 0.6) is 5.75 Å². The molecule has 100 valence electrons. The molecule has 3 heteroatoms. The third-order valence-electron chi connectivity index (χ3n) is 3.23. The van der Waals surface area contributed by atoms with Gasteiger partial charge in [-0.25, -0.2) is 0 Å². The zero-order valence-electron chi connectivity index (χ0n) is 11.7. The molecule has 0 spiro atoms. The Morgan fingerprint density at radius 1 is 1.33 bits per heavy atom. The molecule has 0 radical (unpaired) electrons. The van der Waals surface area contributed by atoms with E-state index >= 15 is 0 Å². The molecule has 0 aliphatic carbocycles. The van der Waals surface area contributed by atoms with Gasteiger partial charge in [0.1, 0.15) is 11.4 Å². The molecule has 0 N–H and O–H groups in total. The Hall–Kier alpha value is -1.35. The summed E-state index contributed by atoms with van der Waals surface area (Å²) >= 11 is 0. The number of carbonyl (C=O) groups excluding carboxylic acids is 1. The zero-order chi connectivity index (χ0) is 13.6. The maximum atomic E-state index is 12.3. The number of rotatable bonds is 7. The molecule has 0 fully saturated rings. The van der Waals surface area contributed by atoms with Crippen LogP contribution in [0.1, 0.15) is 32.8 Å². The highest BCUT2D eigenvalue weighted by Gasteiger charge is 2.31. The van der Waals surface area contributed by atoms with E-state index in [9.17, 15) is 4.79 Å². The van der Waals surface area contributed by atoms with E-state index < -0.39 is 5.60 Å². The lowest BCUT2D eigenvalue weighted by atomic mass is 9.92. The lowest BCUT2D eigenvalue weighted by molar-refractivity contribution is -0.141. The highest BCUT2D eigenvalue weighted by molar-refractivity contribution is 5.88. The highest BCUT2D eigenvalue weighted by Crippen LogP contribution is 2.21. The minimum Gasteiger partial charge on any atom is -0.497 e. The number of benzene rings is 1. The molecule has 0 saturated heterocycles. The number of ketones is 1. The van der Waals surface area contributed by atoms with Crippen LogP contribution in [0.4, 0.5) is 0 Å². The van der Waals surface area contributed by atoms with E-state index in [-0.39, 0.29) is 5.78 Å². The number of hydrogen-bond acceptors (Lipinski definition) is 3. The van der Waals surface area contributed by atoms with Gasteiger partial charge in [0.2, 0.25) is 0 Å². The van der Waals surface area contributed by atoms with Crippen LogP contribution in [0, 0.1) is 0 Å². The predicted octanol–water partition coefficient (Wildman–Crippen LogP) is 3.01. The number of carbonyl (C=O) groups is 1. The standard InChI is InChI=1S/C15H22O3/c1-5-15(3,18-6-2)14(16)11-12-8-7-9-13(10-12)17-4/h7-10H,5-6,11H2,1-4H3. The lowest BCUT2D eigenvalue weighted by Gasteiger charge is -2.26. The molecule has 0 heterocycles. The molecule has 0 aliphatic rings. The first-order valence-electron chi connectivity index (χ1n) is 6.36. The number of hydrogen-bond donors (Lipinski definition) is 0. The Morgan fingerprint density at radius 3 is 2.61 bits per heavy atom. The van der Waals surface area contributed by atoms with Crippen molar-refractivity contribution in [2.75, 3.05) is 13.7 Å². The highest BCUT2D eigenvalue weighted by atomic mass is 16.5. The molecule has 1 unspecified atom stereocenters. The van der Waals surface area contributed by atoms with Crippen LogP contribution in [0.2, 0.25) is 0 Å². The second-order valence-electron chi connectivity index (χ2n) is 4.47. The van der Waals surface area contributed by atoms with Crippen LogP contribution in [0.3, 0.4) is 0 Å². The fraction of sp³-hybridized carbons (Fsp3) is 0.533. The third-order valence-corrected chi connectivity index (χ3v) is 3.23. The molecule has 3 nitrogen and oxygen atoms in total. The van der Waals surface area contributed by atoms with Gasteiger partial charge in [0, 0.05) is 13.0 Å². The van der Waals surface area contributed by atoms with E-state index in [4.69, 9.17) is 9.47 Å². The van der Waals surface area contributed by atoms with E-state index in [0.717, 1.165) is 11.3 Å². The Kier molecular flexibility index (Phi) is 5.35. The smallest absolute Gasteiger partial charge is 0.168 e. The molecule has 0 saturated carbocycles. The Bertz CT molecular complexity index is 400. The quantitative estimate of drug-likeness (QED) is 0.746. The maximum Gasteiger partial charge on any atom is 0.168 e. The summed E-state index contributed by atoms with van der Waals surface area (Å²) in [5.41, 5.74) is 0.274. The number of ether oxygens (including phenoxy) is 2. The summed E-state index contributed by atoms with van der Waals surface area (Å²) in [6.45, 7) is 6.29. The van der Waals surface area contributed by atoms with Gasteiger partial charge in [0.15, 0.2) is 5.78 Å². The molecule has 18 heavy (non-hydrogen) atoms. The Morgan fingerprint density at radius 2 is 2.06 bits per heavy atom. The first-order valence-corrected chi connectivity index (χ1v) is 6.36. The van der Waals surface area contributed by atoms with Gasteiger partial charge in [-0.2, -0.15) is 0 Å². The average molecular weight is 250 g/mol. The van der Waals surface area contributed by atoms with E-state index in [2.05, 4.69) is 0 Å². The second-order valence-corrected chi connectivity index (χ2v) is 4.47. The summed E-state index contributed by atoms with van der Waals surface area (Å²) in [5.74, 6) is 0.884. The van der Waals surface area contributed by atoms with Crippen molar-refractivity contribution < 1.29 is 14.3 Å². The van der Waals surface area contributed by atoms with Crippen molar-refractivity contribution in [1.82, 2.24) is 0 Å². The van der Waals surface area contributed by atoms with Gasteiger partial charge >= 0.3 is 0 Å². The molecule has 0 bridgehead atoms. The SMILES string of the molecule is CCOC(C)(CC)C(=O)Cc1cccc(OC)c1. The van der Waals surface area contributed by atoms with Crippen LogP contribution in [-0.4, -0.2) is 25.1 Å². The van der Waals surface area contributed by atoms with Crippen molar-refractivity contribution in [2.24, 2.45) is 0 Å². The monoisotopic (exact) mass is 250 g/mol. The maximum absolute atomic E-state index is 12.3. The normalized spacial score (nSPS) is 14.0. The van der Waals surface area contributed by atoms with E-state index in [1.54, 1.807) is 7.11 Å². The fourth-order valence-corrected chi connectivity index (χ4v) is 1.85. The minimum atomic E-state index is -0.683. The van der Waals surface area contributed by atoms with Crippen LogP contribution in [0.15, 0.2) is 24.3 Å². The van der Waals surface area contributed by atoms with Crippen LogP contribution in [0.25, 0.3) is 0 Å². The first-order chi connectivity index (χ1) is 8.55. The van der Waals surface area contributed by atoms with Crippen molar-refractivity contribution in [3.8, 4) is 5.75 Å². The summed E-state index contributed by atoms with van der Waals surface area (Å²) in [5, 5.41) is 0. The van der Waals surface area contributed by atoms with Gasteiger partial charge in [-0.1, -0.05) is 19.1 Å². The van der Waals surface area contributed by atoms with Crippen LogP contribution < -0.4 is 4.74 Å². The van der Waals surface area contributed by atoms with E-state index in [1.165, 1.54) is 0 Å². The molecule has 0 aliphatic heterocycles. The van der Waals surface area contributed by atoms with Gasteiger partial charge in [-0.15, -0.1) is 0 Å². The van der Waals surface area contributed by atoms with Crippen molar-refractivity contribution >= 4 is 5.78 Å². The third kappa shape index (κ3) is 3.57. The lowest BCUT2D eigenvalue weighted by Crippen LogP contribution is -2.39. The van der Waals surface area contributed by atoms with Gasteiger partial charge in [0.25, 0.3) is 0 Å². The summed E-state index contributed by atoms with van der Waals surface area (Å²) in [6, 6.07) is 7.59. The van der Waals surface area contributed by atoms with Gasteiger partial charge in [-0.3, -0.25) is 4.79 Å². The fourth-order valence-electron chi connectivity index (χ4n) is 1.85.